The minimum absolute atomic E-state index is 0.0449. The Labute approximate surface area is 199 Å². The Balaban J connectivity index is 2.38. The lowest BCUT2D eigenvalue weighted by Gasteiger charge is -2.55. The molecule has 0 amide bonds. The van der Waals surface area contributed by atoms with E-state index in [1.54, 1.807) is 19.1 Å². The van der Waals surface area contributed by atoms with Gasteiger partial charge in [0.15, 0.2) is 22.7 Å². The van der Waals surface area contributed by atoms with Crippen molar-refractivity contribution in [3.63, 3.8) is 0 Å². The predicted octanol–water partition coefficient (Wildman–Crippen LogP) is 4.26. The molecular formula is C26H32O8. The first kappa shape index (κ1) is 25.5. The Morgan fingerprint density at radius 2 is 1.53 bits per heavy atom. The lowest BCUT2D eigenvalue weighted by atomic mass is 9.61. The number of carbonyl (C=O) groups is 4. The van der Waals surface area contributed by atoms with E-state index in [-0.39, 0.29) is 30.3 Å². The van der Waals surface area contributed by atoms with E-state index in [2.05, 4.69) is 0 Å². The number of fused-ring (bicyclic) bond motifs is 2. The van der Waals surface area contributed by atoms with Crippen LogP contribution in [0.4, 0.5) is 0 Å². The van der Waals surface area contributed by atoms with Gasteiger partial charge in [-0.25, -0.2) is 0 Å². The summed E-state index contributed by atoms with van der Waals surface area (Å²) >= 11 is 0. The summed E-state index contributed by atoms with van der Waals surface area (Å²) in [5.41, 5.74) is -1.57. The van der Waals surface area contributed by atoms with Gasteiger partial charge < -0.3 is 18.9 Å². The first-order valence-corrected chi connectivity index (χ1v) is 11.3. The number of benzene rings is 1. The van der Waals surface area contributed by atoms with Gasteiger partial charge in [-0.3, -0.25) is 19.2 Å². The number of carbonyl (C=O) groups excluding carboxylic acids is 4. The molecule has 1 aromatic rings. The summed E-state index contributed by atoms with van der Waals surface area (Å²) in [6.45, 7) is 13.1. The molecule has 8 nitrogen and oxygen atoms in total. The normalized spacial score (nSPS) is 24.9. The van der Waals surface area contributed by atoms with E-state index in [0.29, 0.717) is 16.7 Å². The van der Waals surface area contributed by atoms with Crippen molar-refractivity contribution in [2.75, 3.05) is 0 Å². The molecule has 1 unspecified atom stereocenters. The smallest absolute Gasteiger partial charge is 0.308 e. The van der Waals surface area contributed by atoms with Crippen LogP contribution in [0.25, 0.3) is 6.08 Å². The molecule has 0 saturated carbocycles. The quantitative estimate of drug-likeness (QED) is 0.473. The Hall–Kier alpha value is -3.16. The molecule has 184 valence electrons. The first-order valence-electron chi connectivity index (χ1n) is 11.3. The Morgan fingerprint density at radius 3 is 2.06 bits per heavy atom. The van der Waals surface area contributed by atoms with Crippen LogP contribution in [0.3, 0.4) is 0 Å². The van der Waals surface area contributed by atoms with Crippen molar-refractivity contribution in [1.82, 2.24) is 0 Å². The van der Waals surface area contributed by atoms with E-state index < -0.39 is 40.5 Å². The number of rotatable bonds is 4. The lowest BCUT2D eigenvalue weighted by Crippen LogP contribution is -2.67. The van der Waals surface area contributed by atoms with E-state index in [1.807, 2.05) is 33.8 Å². The molecule has 1 aliphatic heterocycles. The van der Waals surface area contributed by atoms with Crippen LogP contribution in [-0.2, 0) is 35.1 Å². The van der Waals surface area contributed by atoms with Crippen LogP contribution >= 0.6 is 0 Å². The maximum Gasteiger partial charge on any atom is 0.308 e. The topological polar surface area (TPSA) is 105 Å². The van der Waals surface area contributed by atoms with Crippen molar-refractivity contribution >= 4 is 30.0 Å². The van der Waals surface area contributed by atoms with Crippen LogP contribution in [-0.4, -0.2) is 35.1 Å². The van der Waals surface area contributed by atoms with Crippen LogP contribution in [0, 0.1) is 5.41 Å². The van der Waals surface area contributed by atoms with Crippen molar-refractivity contribution < 1.29 is 38.1 Å². The molecule has 1 heterocycles. The Kier molecular flexibility index (Phi) is 6.41. The molecule has 0 bridgehead atoms. The number of esters is 4. The fourth-order valence-corrected chi connectivity index (χ4v) is 5.17. The second-order valence-corrected chi connectivity index (χ2v) is 10.1. The molecule has 1 aliphatic carbocycles. The van der Waals surface area contributed by atoms with Gasteiger partial charge in [0.1, 0.15) is 0 Å². The van der Waals surface area contributed by atoms with E-state index in [4.69, 9.17) is 18.9 Å². The summed E-state index contributed by atoms with van der Waals surface area (Å²) in [4.78, 5) is 49.0. The highest BCUT2D eigenvalue weighted by molar-refractivity contribution is 5.80. The van der Waals surface area contributed by atoms with Gasteiger partial charge in [0.25, 0.3) is 0 Å². The first-order chi connectivity index (χ1) is 15.6. The van der Waals surface area contributed by atoms with Crippen LogP contribution in [0.15, 0.2) is 12.1 Å². The van der Waals surface area contributed by atoms with Gasteiger partial charge >= 0.3 is 23.9 Å². The van der Waals surface area contributed by atoms with Gasteiger partial charge in [-0.2, -0.15) is 0 Å². The van der Waals surface area contributed by atoms with Crippen LogP contribution in [0.1, 0.15) is 84.4 Å². The largest absolute Gasteiger partial charge is 0.454 e. The third-order valence-corrected chi connectivity index (χ3v) is 6.55. The highest BCUT2D eigenvalue weighted by atomic mass is 16.6. The maximum absolute atomic E-state index is 12.7. The van der Waals surface area contributed by atoms with Gasteiger partial charge in [-0.15, -0.1) is 0 Å². The molecule has 0 spiro atoms. The van der Waals surface area contributed by atoms with Gasteiger partial charge in [-0.05, 0) is 30.5 Å². The second kappa shape index (κ2) is 8.56. The summed E-state index contributed by atoms with van der Waals surface area (Å²) in [6, 6.07) is 1.86. The monoisotopic (exact) mass is 472 g/mol. The maximum atomic E-state index is 12.7. The zero-order valence-corrected chi connectivity index (χ0v) is 21.0. The van der Waals surface area contributed by atoms with Gasteiger partial charge in [0, 0.05) is 43.7 Å². The molecule has 34 heavy (non-hydrogen) atoms. The van der Waals surface area contributed by atoms with Crippen LogP contribution in [0.5, 0.6) is 11.5 Å². The summed E-state index contributed by atoms with van der Waals surface area (Å²) in [7, 11) is 0. The lowest BCUT2D eigenvalue weighted by molar-refractivity contribution is -0.242. The minimum Gasteiger partial charge on any atom is -0.454 e. The van der Waals surface area contributed by atoms with Crippen molar-refractivity contribution in [3.8, 4) is 11.5 Å². The van der Waals surface area contributed by atoms with Gasteiger partial charge in [0.2, 0.25) is 0 Å². The standard InChI is InChI=1S/C26H32O8/c1-14(2)19-11-18-9-10-26(33-17(5)29)24(6,7)13-21(30)34-25(26,8)12-20(18)23(32-16(4)28)22(19)31-15(3)27/h9-11,14H,12-13H2,1-8H3/t25-,26?/m1/s1. The summed E-state index contributed by atoms with van der Waals surface area (Å²) in [5, 5.41) is 0. The molecule has 1 fully saturated rings. The zero-order chi connectivity index (χ0) is 25.6. The Morgan fingerprint density at radius 1 is 0.941 bits per heavy atom. The molecule has 2 aliphatic rings. The van der Waals surface area contributed by atoms with Crippen molar-refractivity contribution in [2.45, 2.75) is 85.4 Å². The van der Waals surface area contributed by atoms with Crippen molar-refractivity contribution in [3.05, 3.63) is 28.8 Å². The van der Waals surface area contributed by atoms with Crippen LogP contribution in [0.2, 0.25) is 0 Å². The highest BCUT2D eigenvalue weighted by Crippen LogP contribution is 2.56. The summed E-state index contributed by atoms with van der Waals surface area (Å²) in [5.74, 6) is -1.94. The average molecular weight is 473 g/mol. The third kappa shape index (κ3) is 4.21. The zero-order valence-electron chi connectivity index (χ0n) is 21.0. The molecule has 3 rings (SSSR count). The summed E-state index contributed by atoms with van der Waals surface area (Å²) in [6.07, 6.45) is 3.65. The second-order valence-electron chi connectivity index (χ2n) is 10.1. The number of ether oxygens (including phenoxy) is 4. The van der Waals surface area contributed by atoms with E-state index in [9.17, 15) is 19.2 Å². The molecule has 0 N–H and O–H groups in total. The molecule has 1 saturated heterocycles. The van der Waals surface area contributed by atoms with Crippen molar-refractivity contribution in [2.24, 2.45) is 5.41 Å². The van der Waals surface area contributed by atoms with E-state index >= 15 is 0 Å². The fourth-order valence-electron chi connectivity index (χ4n) is 5.17. The fraction of sp³-hybridized carbons (Fsp3) is 0.538. The molecular weight excluding hydrogens is 440 g/mol. The Bertz CT molecular complexity index is 1100. The third-order valence-electron chi connectivity index (χ3n) is 6.55. The number of hydrogen-bond donors (Lipinski definition) is 0. The SMILES string of the molecule is CC(=O)Oc1c(C(C)C)cc2c(c1OC(C)=O)C[C@@]1(C)OC(=O)CC(C)(C)C1(OC(C)=O)C=C2. The van der Waals surface area contributed by atoms with Gasteiger partial charge in [0.05, 0.1) is 6.42 Å². The van der Waals surface area contributed by atoms with Crippen LogP contribution < -0.4 is 9.47 Å². The minimum atomic E-state index is -1.33. The molecule has 2 atom stereocenters. The van der Waals surface area contributed by atoms with E-state index in [1.165, 1.54) is 20.8 Å². The molecule has 0 radical (unpaired) electrons. The van der Waals surface area contributed by atoms with Gasteiger partial charge in [-0.1, -0.05) is 33.8 Å². The summed E-state index contributed by atoms with van der Waals surface area (Å²) < 4.78 is 23.0. The number of hydrogen-bond acceptors (Lipinski definition) is 8. The highest BCUT2D eigenvalue weighted by Gasteiger charge is 2.65. The van der Waals surface area contributed by atoms with E-state index in [0.717, 1.165) is 0 Å². The predicted molar refractivity (Wildman–Crippen MR) is 123 cm³/mol. The molecule has 0 aromatic heterocycles. The molecule has 8 heteroatoms. The van der Waals surface area contributed by atoms with Crippen molar-refractivity contribution in [1.29, 1.82) is 0 Å². The average Bonchev–Trinajstić information content (AvgIpc) is 2.77. The molecule has 1 aromatic carbocycles.